The van der Waals surface area contributed by atoms with E-state index in [4.69, 9.17) is 4.74 Å². The van der Waals surface area contributed by atoms with E-state index in [1.807, 2.05) is 24.3 Å². The summed E-state index contributed by atoms with van der Waals surface area (Å²) in [6, 6.07) is 38.5. The first kappa shape index (κ1) is 45.8. The Balaban J connectivity index is 1.15. The third-order valence-corrected chi connectivity index (χ3v) is 14.0. The summed E-state index contributed by atoms with van der Waals surface area (Å²) in [4.78, 5) is 0. The summed E-state index contributed by atoms with van der Waals surface area (Å²) in [6.07, 6.45) is 31.6. The molecule has 0 saturated heterocycles. The number of ether oxygens (including phenoxy) is 1. The van der Waals surface area contributed by atoms with Gasteiger partial charge in [0.15, 0.2) is 0 Å². The van der Waals surface area contributed by atoms with Crippen molar-refractivity contribution in [2.75, 3.05) is 13.2 Å². The number of hydrogen-bond donors (Lipinski definition) is 0. The van der Waals surface area contributed by atoms with Gasteiger partial charge >= 0.3 is 0 Å². The molecule has 2 aliphatic carbocycles. The Morgan fingerprint density at radius 3 is 1.11 bits per heavy atom. The molecule has 0 bridgehead atoms. The van der Waals surface area contributed by atoms with Crippen LogP contribution in [0.5, 0.6) is 0 Å². The molecule has 0 aliphatic heterocycles. The van der Waals surface area contributed by atoms with Gasteiger partial charge in [0, 0.05) is 0 Å². The minimum absolute atomic E-state index is 0.559. The van der Waals surface area contributed by atoms with Gasteiger partial charge in [0.05, 0.1) is 36.5 Å². The molecule has 2 saturated carbocycles. The van der Waals surface area contributed by atoms with Crippen LogP contribution in [0.2, 0.25) is 0 Å². The summed E-state index contributed by atoms with van der Waals surface area (Å²) in [7, 11) is 0. The zero-order valence-electron chi connectivity index (χ0n) is 37.6. The van der Waals surface area contributed by atoms with Crippen molar-refractivity contribution in [1.29, 1.82) is 10.5 Å². The van der Waals surface area contributed by atoms with Crippen molar-refractivity contribution < 1.29 is 4.74 Å². The van der Waals surface area contributed by atoms with Crippen molar-refractivity contribution in [3.8, 4) is 34.4 Å². The third kappa shape index (κ3) is 14.2. The zero-order chi connectivity index (χ0) is 42.5. The van der Waals surface area contributed by atoms with Crippen LogP contribution in [0.25, 0.3) is 33.4 Å². The van der Waals surface area contributed by atoms with Crippen LogP contribution in [-0.4, -0.2) is 13.2 Å². The molecule has 3 heteroatoms. The molecule has 320 valence electrons. The van der Waals surface area contributed by atoms with Gasteiger partial charge in [-0.25, -0.2) is 0 Å². The summed E-state index contributed by atoms with van der Waals surface area (Å²) in [5, 5.41) is 18.6. The minimum Gasteiger partial charge on any atom is -0.373 e. The Morgan fingerprint density at radius 1 is 0.459 bits per heavy atom. The maximum Gasteiger partial charge on any atom is 0.0991 e. The van der Waals surface area contributed by atoms with Crippen molar-refractivity contribution in [1.82, 2.24) is 0 Å². The summed E-state index contributed by atoms with van der Waals surface area (Å²) < 4.78 is 6.56. The second-order valence-electron chi connectivity index (χ2n) is 18.2. The van der Waals surface area contributed by atoms with Crippen LogP contribution >= 0.6 is 0 Å². The highest BCUT2D eigenvalue weighted by Gasteiger charge is 2.26. The molecule has 0 N–H and O–H groups in total. The fraction of sp³-hybridized carbons (Fsp3) is 0.483. The molecule has 2 aliphatic rings. The van der Waals surface area contributed by atoms with Gasteiger partial charge in [0.1, 0.15) is 0 Å². The molecule has 0 aromatic heterocycles. The number of hydrogen-bond acceptors (Lipinski definition) is 3. The van der Waals surface area contributed by atoms with E-state index in [0.29, 0.717) is 36.2 Å². The number of nitrogens with zero attached hydrogens (tertiary/aromatic N) is 2. The molecular weight excluding hydrogens is 741 g/mol. The van der Waals surface area contributed by atoms with Crippen LogP contribution < -0.4 is 0 Å². The highest BCUT2D eigenvalue weighted by molar-refractivity contribution is 5.73. The van der Waals surface area contributed by atoms with Gasteiger partial charge in [-0.15, -0.1) is 0 Å². The Bertz CT molecular complexity index is 1860. The molecule has 0 amide bonds. The number of nitriles is 2. The van der Waals surface area contributed by atoms with E-state index in [1.54, 1.807) is 0 Å². The molecule has 3 nitrogen and oxygen atoms in total. The molecule has 61 heavy (non-hydrogen) atoms. The van der Waals surface area contributed by atoms with E-state index >= 15 is 0 Å². The van der Waals surface area contributed by atoms with Crippen LogP contribution in [0.1, 0.15) is 165 Å². The highest BCUT2D eigenvalue weighted by Crippen LogP contribution is 2.41. The first-order valence-electron chi connectivity index (χ1n) is 24.3. The van der Waals surface area contributed by atoms with E-state index in [9.17, 15) is 10.5 Å². The summed E-state index contributed by atoms with van der Waals surface area (Å²) in [5.41, 5.74) is 11.5. The van der Waals surface area contributed by atoms with E-state index < -0.39 is 0 Å². The van der Waals surface area contributed by atoms with Crippen molar-refractivity contribution in [3.05, 3.63) is 131 Å². The summed E-state index contributed by atoms with van der Waals surface area (Å²) >= 11 is 0. The van der Waals surface area contributed by atoms with Crippen LogP contribution in [0.3, 0.4) is 0 Å². The van der Waals surface area contributed by atoms with E-state index in [2.05, 4.69) is 111 Å². The smallest absolute Gasteiger partial charge is 0.0991 e. The first-order valence-corrected chi connectivity index (χ1v) is 24.3. The van der Waals surface area contributed by atoms with Crippen molar-refractivity contribution >= 4 is 11.1 Å². The maximum atomic E-state index is 9.29. The molecule has 4 aromatic rings. The van der Waals surface area contributed by atoms with Crippen LogP contribution in [0.15, 0.2) is 109 Å². The minimum atomic E-state index is 0.559. The number of benzene rings is 4. The Morgan fingerprint density at radius 2 is 0.787 bits per heavy atom. The molecule has 0 heterocycles. The van der Waals surface area contributed by atoms with Gasteiger partial charge in [0.25, 0.3) is 0 Å². The predicted molar refractivity (Wildman–Crippen MR) is 258 cm³/mol. The zero-order valence-corrected chi connectivity index (χ0v) is 37.6. The molecule has 6 rings (SSSR count). The Kier molecular flexibility index (Phi) is 19.0. The van der Waals surface area contributed by atoms with Gasteiger partial charge in [-0.3, -0.25) is 0 Å². The molecule has 0 radical (unpaired) electrons. The van der Waals surface area contributed by atoms with Crippen molar-refractivity contribution in [3.63, 3.8) is 0 Å². The van der Waals surface area contributed by atoms with Gasteiger partial charge in [-0.2, -0.15) is 10.5 Å². The lowest BCUT2D eigenvalue weighted by molar-refractivity contribution is 0.193. The van der Waals surface area contributed by atoms with E-state index in [-0.39, 0.29) is 0 Å². The summed E-state index contributed by atoms with van der Waals surface area (Å²) in [6.45, 7) is 5.82. The Hall–Kier alpha value is -4.70. The fourth-order valence-corrected chi connectivity index (χ4v) is 10.2. The molecule has 0 unspecified atom stereocenters. The summed E-state index contributed by atoms with van der Waals surface area (Å²) in [5.74, 6) is 2.86. The lowest BCUT2D eigenvalue weighted by Gasteiger charge is -2.31. The second-order valence-corrected chi connectivity index (χ2v) is 18.2. The van der Waals surface area contributed by atoms with E-state index in [0.717, 1.165) is 23.0 Å². The topological polar surface area (TPSA) is 56.8 Å². The third-order valence-electron chi connectivity index (χ3n) is 14.0. The van der Waals surface area contributed by atoms with Crippen LogP contribution in [0.4, 0.5) is 0 Å². The number of rotatable bonds is 22. The van der Waals surface area contributed by atoms with Gasteiger partial charge in [-0.1, -0.05) is 176 Å². The number of unbranched alkanes of at least 4 members (excludes halogenated alkanes) is 8. The first-order chi connectivity index (χ1) is 30.1. The largest absolute Gasteiger partial charge is 0.373 e. The van der Waals surface area contributed by atoms with Gasteiger partial charge in [0.2, 0.25) is 0 Å². The van der Waals surface area contributed by atoms with Gasteiger partial charge in [-0.05, 0) is 144 Å². The average molecular weight is 813 g/mol. The lowest BCUT2D eigenvalue weighted by atomic mass is 9.75. The average Bonchev–Trinajstić information content (AvgIpc) is 3.32. The fourth-order valence-electron chi connectivity index (χ4n) is 10.2. The quantitative estimate of drug-likeness (QED) is 0.0743. The van der Waals surface area contributed by atoms with Gasteiger partial charge < -0.3 is 4.74 Å². The molecule has 2 fully saturated rings. The molecule has 4 aromatic carbocycles. The molecule has 0 spiro atoms. The second kappa shape index (κ2) is 25.3. The van der Waals surface area contributed by atoms with Crippen molar-refractivity contribution in [2.45, 2.75) is 142 Å². The lowest BCUT2D eigenvalue weighted by Crippen LogP contribution is -2.17. The maximum absolute atomic E-state index is 9.29. The Labute approximate surface area is 370 Å². The standard InChI is InChI=1S/C58H72N2O/c1-3-5-7-9-11-13-45-15-27-53(28-16-45)57(55-35-31-51(32-36-55)49-23-19-47(43-59)20-24-49)39-41-61-42-40-58(54-29-17-46(18-30-54)14-12-10-8-6-4-2)56-37-33-52(34-38-56)50-25-21-48(44-60)22-26-50/h19-26,31-40,45-46,53-54H,3-18,27-30,41-42H2,1-2H3. The molecule has 0 atom stereocenters. The highest BCUT2D eigenvalue weighted by atomic mass is 16.5. The molecular formula is C58H72N2O. The predicted octanol–water partition coefficient (Wildman–Crippen LogP) is 16.6. The number of allylic oxidation sites excluding steroid dienone is 2. The normalized spacial score (nSPS) is 19.6. The van der Waals surface area contributed by atoms with Crippen LogP contribution in [-0.2, 0) is 4.74 Å². The SMILES string of the molecule is CCCCCCCC1CCC(C(=CCOCC=C(c2ccc(-c3ccc(C#N)cc3)cc2)C2CCC(CCCCCCC)CC2)c2ccc(-c3ccc(C#N)cc3)cc2)CC1. The van der Waals surface area contributed by atoms with E-state index in [1.165, 1.54) is 162 Å². The van der Waals surface area contributed by atoms with Crippen LogP contribution in [0, 0.1) is 46.3 Å². The van der Waals surface area contributed by atoms with Crippen molar-refractivity contribution in [2.24, 2.45) is 23.7 Å². The monoisotopic (exact) mass is 813 g/mol.